The highest BCUT2D eigenvalue weighted by Crippen LogP contribution is 2.17. The summed E-state index contributed by atoms with van der Waals surface area (Å²) in [6.45, 7) is 0.106. The first-order valence-corrected chi connectivity index (χ1v) is 8.46. The van der Waals surface area contributed by atoms with Crippen LogP contribution in [0.5, 0.6) is 0 Å². The van der Waals surface area contributed by atoms with Crippen LogP contribution < -0.4 is 10.6 Å². The van der Waals surface area contributed by atoms with Crippen LogP contribution in [0.25, 0.3) is 0 Å². The average molecular weight is 365 g/mol. The molecule has 0 saturated carbocycles. The average Bonchev–Trinajstić information content (AvgIpc) is 2.95. The summed E-state index contributed by atoms with van der Waals surface area (Å²) in [6.07, 6.45) is 1.19. The molecule has 0 unspecified atom stereocenters. The van der Waals surface area contributed by atoms with Crippen molar-refractivity contribution in [2.45, 2.75) is 6.54 Å². The van der Waals surface area contributed by atoms with E-state index in [2.05, 4.69) is 10.6 Å². The molecule has 0 saturated heterocycles. The highest BCUT2D eigenvalue weighted by atomic mass is 16.3. The first kappa shape index (κ1) is 18.3. The van der Waals surface area contributed by atoms with Gasteiger partial charge in [0.05, 0.1) is 13.2 Å². The summed E-state index contributed by atoms with van der Waals surface area (Å²) in [4.78, 5) is 37.0. The van der Waals surface area contributed by atoms with Crippen molar-refractivity contribution in [2.24, 2.45) is 0 Å². The monoisotopic (exact) mass is 365 g/mol. The van der Waals surface area contributed by atoms with Crippen molar-refractivity contribution in [3.63, 3.8) is 0 Å². The summed E-state index contributed by atoms with van der Waals surface area (Å²) < 4.78 is 0. The van der Waals surface area contributed by atoms with Gasteiger partial charge in [-0.3, -0.25) is 19.3 Å². The number of aliphatic hydroxyl groups excluding tert-OH is 1. The second-order valence-electron chi connectivity index (χ2n) is 5.95. The van der Waals surface area contributed by atoms with E-state index in [0.717, 1.165) is 10.5 Å². The summed E-state index contributed by atoms with van der Waals surface area (Å²) in [5, 5.41) is 14.6. The molecule has 1 aliphatic heterocycles. The number of nitrogens with one attached hydrogen (secondary N) is 2. The molecule has 138 valence electrons. The van der Waals surface area contributed by atoms with Crippen LogP contribution in [0.4, 0.5) is 5.69 Å². The highest BCUT2D eigenvalue weighted by molar-refractivity contribution is 6.17. The van der Waals surface area contributed by atoms with E-state index < -0.39 is 11.8 Å². The number of hydrogen-bond acceptors (Lipinski definition) is 5. The van der Waals surface area contributed by atoms with Gasteiger partial charge in [0.25, 0.3) is 17.7 Å². The lowest BCUT2D eigenvalue weighted by Crippen LogP contribution is -2.34. The van der Waals surface area contributed by atoms with Crippen LogP contribution in [0.1, 0.15) is 15.9 Å². The van der Waals surface area contributed by atoms with Gasteiger partial charge in [-0.15, -0.1) is 0 Å². The molecular formula is C20H19N3O4. The van der Waals surface area contributed by atoms with Crippen LogP contribution in [-0.4, -0.2) is 40.9 Å². The molecule has 7 heteroatoms. The van der Waals surface area contributed by atoms with E-state index in [0.29, 0.717) is 17.8 Å². The lowest BCUT2D eigenvalue weighted by Gasteiger charge is -2.13. The smallest absolute Gasteiger partial charge is 0.277 e. The number of hydrogen-bond donors (Lipinski definition) is 3. The molecule has 0 atom stereocenters. The van der Waals surface area contributed by atoms with Gasteiger partial charge in [-0.25, -0.2) is 0 Å². The maximum atomic E-state index is 12.2. The third-order valence-electron chi connectivity index (χ3n) is 4.05. The van der Waals surface area contributed by atoms with E-state index in [1.165, 1.54) is 6.08 Å². The molecule has 0 spiro atoms. The molecule has 0 aromatic heterocycles. The number of anilines is 1. The number of imide groups is 1. The van der Waals surface area contributed by atoms with Gasteiger partial charge < -0.3 is 15.7 Å². The van der Waals surface area contributed by atoms with Crippen molar-refractivity contribution in [3.05, 3.63) is 77.5 Å². The fourth-order valence-electron chi connectivity index (χ4n) is 2.65. The zero-order valence-corrected chi connectivity index (χ0v) is 14.5. The van der Waals surface area contributed by atoms with E-state index in [4.69, 9.17) is 5.11 Å². The topological polar surface area (TPSA) is 98.7 Å². The van der Waals surface area contributed by atoms with Crippen molar-refractivity contribution >= 4 is 23.4 Å². The number of rotatable bonds is 7. The van der Waals surface area contributed by atoms with Crippen LogP contribution in [0.15, 0.2) is 66.4 Å². The Morgan fingerprint density at radius 3 is 2.37 bits per heavy atom. The molecule has 3 amide bonds. The number of β-amino-alcohol motifs (C(OH)–C–C–N with tert-alkyl or cyclic N) is 1. The molecule has 2 aromatic carbocycles. The molecule has 27 heavy (non-hydrogen) atoms. The van der Waals surface area contributed by atoms with Crippen molar-refractivity contribution in [1.82, 2.24) is 10.2 Å². The summed E-state index contributed by atoms with van der Waals surface area (Å²) in [7, 11) is 0. The Hall–Kier alpha value is -3.45. The number of carbonyl (C=O) groups is 3. The van der Waals surface area contributed by atoms with Crippen LogP contribution in [0.3, 0.4) is 0 Å². The number of aliphatic hydroxyl groups is 1. The second-order valence-corrected chi connectivity index (χ2v) is 5.95. The Morgan fingerprint density at radius 1 is 1.00 bits per heavy atom. The van der Waals surface area contributed by atoms with E-state index in [1.807, 2.05) is 30.3 Å². The van der Waals surface area contributed by atoms with Gasteiger partial charge in [-0.05, 0) is 29.8 Å². The van der Waals surface area contributed by atoms with Crippen molar-refractivity contribution in [1.29, 1.82) is 0 Å². The Balaban J connectivity index is 1.59. The van der Waals surface area contributed by atoms with Gasteiger partial charge in [0, 0.05) is 23.9 Å². The fourth-order valence-corrected chi connectivity index (χ4v) is 2.65. The maximum absolute atomic E-state index is 12.2. The summed E-state index contributed by atoms with van der Waals surface area (Å²) in [6, 6.07) is 16.2. The number of carbonyl (C=O) groups excluding carboxylic acids is 3. The van der Waals surface area contributed by atoms with Crippen LogP contribution in [-0.2, 0) is 16.1 Å². The van der Waals surface area contributed by atoms with E-state index >= 15 is 0 Å². The number of amides is 3. The van der Waals surface area contributed by atoms with Crippen molar-refractivity contribution in [3.8, 4) is 0 Å². The quantitative estimate of drug-likeness (QED) is 0.642. The molecule has 1 heterocycles. The molecule has 1 aliphatic rings. The Morgan fingerprint density at radius 2 is 1.70 bits per heavy atom. The molecule has 0 radical (unpaired) electrons. The van der Waals surface area contributed by atoms with E-state index in [9.17, 15) is 14.4 Å². The molecule has 3 rings (SSSR count). The van der Waals surface area contributed by atoms with E-state index in [-0.39, 0.29) is 24.8 Å². The molecule has 2 aromatic rings. The van der Waals surface area contributed by atoms with Gasteiger partial charge >= 0.3 is 0 Å². The zero-order chi connectivity index (χ0) is 19.2. The van der Waals surface area contributed by atoms with Gasteiger partial charge in [0.1, 0.15) is 5.70 Å². The fraction of sp³-hybridized carbons (Fsp3) is 0.150. The number of nitrogens with zero attached hydrogens (tertiary/aromatic N) is 1. The SMILES string of the molecule is O=C(NCc1ccccc1)c1ccc(NC2=CC(=O)N(CCO)C2=O)cc1. The standard InChI is InChI=1S/C20H19N3O4/c24-11-10-23-18(25)12-17(20(23)27)22-16-8-6-15(7-9-16)19(26)21-13-14-4-2-1-3-5-14/h1-9,12,22,24H,10-11,13H2,(H,21,26). The molecule has 7 nitrogen and oxygen atoms in total. The zero-order valence-electron chi connectivity index (χ0n) is 14.5. The first-order chi connectivity index (χ1) is 13.1. The Kier molecular flexibility index (Phi) is 5.63. The van der Waals surface area contributed by atoms with Crippen LogP contribution >= 0.6 is 0 Å². The normalized spacial score (nSPS) is 13.5. The minimum Gasteiger partial charge on any atom is -0.395 e. The van der Waals surface area contributed by atoms with Gasteiger partial charge in [-0.1, -0.05) is 30.3 Å². The Labute approximate surface area is 156 Å². The van der Waals surface area contributed by atoms with Crippen LogP contribution in [0.2, 0.25) is 0 Å². The first-order valence-electron chi connectivity index (χ1n) is 8.46. The van der Waals surface area contributed by atoms with Crippen molar-refractivity contribution in [2.75, 3.05) is 18.5 Å². The Bertz CT molecular complexity index is 876. The van der Waals surface area contributed by atoms with Gasteiger partial charge in [0.15, 0.2) is 0 Å². The lowest BCUT2D eigenvalue weighted by molar-refractivity contribution is -0.137. The summed E-state index contributed by atoms with van der Waals surface area (Å²) in [5.41, 5.74) is 2.21. The molecule has 3 N–H and O–H groups in total. The minimum atomic E-state index is -0.487. The van der Waals surface area contributed by atoms with Crippen molar-refractivity contribution < 1.29 is 19.5 Å². The molecule has 0 bridgehead atoms. The second kappa shape index (κ2) is 8.29. The lowest BCUT2D eigenvalue weighted by atomic mass is 10.1. The largest absolute Gasteiger partial charge is 0.395 e. The van der Waals surface area contributed by atoms with E-state index in [1.54, 1.807) is 24.3 Å². The highest BCUT2D eigenvalue weighted by Gasteiger charge is 2.30. The van der Waals surface area contributed by atoms with Gasteiger partial charge in [0.2, 0.25) is 0 Å². The molecule has 0 fully saturated rings. The third-order valence-corrected chi connectivity index (χ3v) is 4.05. The van der Waals surface area contributed by atoms with Crippen LogP contribution in [0, 0.1) is 0 Å². The third kappa shape index (κ3) is 4.39. The predicted octanol–water partition coefficient (Wildman–Crippen LogP) is 1.27. The number of benzene rings is 2. The summed E-state index contributed by atoms with van der Waals surface area (Å²) >= 11 is 0. The minimum absolute atomic E-state index is 0.0418. The molecule has 0 aliphatic carbocycles. The van der Waals surface area contributed by atoms with Gasteiger partial charge in [-0.2, -0.15) is 0 Å². The summed E-state index contributed by atoms with van der Waals surface area (Å²) in [5.74, 6) is -1.15. The molecular weight excluding hydrogens is 346 g/mol. The maximum Gasteiger partial charge on any atom is 0.277 e. The predicted molar refractivity (Wildman–Crippen MR) is 99.6 cm³/mol.